The summed E-state index contributed by atoms with van der Waals surface area (Å²) in [6, 6.07) is 7.10. The molecule has 1 aromatic heterocycles. The number of H-pyrrole nitrogens is 1. The van der Waals surface area contributed by atoms with Crippen molar-refractivity contribution in [1.82, 2.24) is 15.4 Å². The van der Waals surface area contributed by atoms with Crippen molar-refractivity contribution in [3.8, 4) is 0 Å². The molecule has 5 heteroatoms. The molecule has 4 nitrogen and oxygen atoms in total. The Morgan fingerprint density at radius 1 is 1.29 bits per heavy atom. The van der Waals surface area contributed by atoms with Gasteiger partial charge in [0.1, 0.15) is 5.69 Å². The number of hydrogen-bond acceptors (Lipinski definition) is 3. The molecule has 0 aliphatic rings. The van der Waals surface area contributed by atoms with E-state index in [1.165, 1.54) is 0 Å². The molecule has 0 fully saturated rings. The number of halogens is 1. The van der Waals surface area contributed by atoms with Crippen LogP contribution in [0.4, 0.5) is 0 Å². The van der Waals surface area contributed by atoms with Crippen LogP contribution in [0.15, 0.2) is 30.5 Å². The van der Waals surface area contributed by atoms with Crippen LogP contribution in [-0.2, 0) is 0 Å². The Labute approximate surface area is 86.1 Å². The molecule has 0 radical (unpaired) electrons. The molecule has 72 valence electrons. The fourth-order valence-electron chi connectivity index (χ4n) is 1.20. The Balaban J connectivity index is 2.28. The first-order valence-electron chi connectivity index (χ1n) is 4.14. The van der Waals surface area contributed by atoms with E-state index in [2.05, 4.69) is 15.4 Å². The van der Waals surface area contributed by atoms with Crippen LogP contribution in [0.3, 0.4) is 0 Å². The Morgan fingerprint density at radius 3 is 2.57 bits per heavy atom. The van der Waals surface area contributed by atoms with Crippen molar-refractivity contribution in [1.29, 1.82) is 0 Å². The number of rotatable bonds is 2. The van der Waals surface area contributed by atoms with Gasteiger partial charge in [0.05, 0.1) is 12.2 Å². The van der Waals surface area contributed by atoms with Crippen molar-refractivity contribution in [2.24, 2.45) is 5.73 Å². The zero-order valence-corrected chi connectivity index (χ0v) is 8.07. The van der Waals surface area contributed by atoms with E-state index in [9.17, 15) is 0 Å². The van der Waals surface area contributed by atoms with Crippen molar-refractivity contribution in [2.45, 2.75) is 6.04 Å². The highest BCUT2D eigenvalue weighted by atomic mass is 35.5. The summed E-state index contributed by atoms with van der Waals surface area (Å²) in [4.78, 5) is 0. The Morgan fingerprint density at radius 2 is 2.00 bits per heavy atom. The lowest BCUT2D eigenvalue weighted by molar-refractivity contribution is 0.809. The smallest absolute Gasteiger partial charge is 0.104 e. The van der Waals surface area contributed by atoms with Crippen LogP contribution >= 0.6 is 11.6 Å². The molecule has 0 spiro atoms. The number of aromatic nitrogens is 3. The predicted molar refractivity (Wildman–Crippen MR) is 53.9 cm³/mol. The molecule has 0 saturated heterocycles. The quantitative estimate of drug-likeness (QED) is 0.786. The minimum absolute atomic E-state index is 0.258. The van der Waals surface area contributed by atoms with Crippen LogP contribution in [0.2, 0.25) is 5.02 Å². The topological polar surface area (TPSA) is 67.6 Å². The van der Waals surface area contributed by atoms with Crippen LogP contribution in [0, 0.1) is 0 Å². The molecule has 1 heterocycles. The van der Waals surface area contributed by atoms with Gasteiger partial charge in [-0.2, -0.15) is 15.4 Å². The highest BCUT2D eigenvalue weighted by Crippen LogP contribution is 2.18. The summed E-state index contributed by atoms with van der Waals surface area (Å²) in [5.74, 6) is 0. The van der Waals surface area contributed by atoms with Gasteiger partial charge in [0, 0.05) is 5.02 Å². The van der Waals surface area contributed by atoms with E-state index < -0.39 is 0 Å². The van der Waals surface area contributed by atoms with Crippen molar-refractivity contribution >= 4 is 11.6 Å². The average molecular weight is 209 g/mol. The molecule has 1 unspecified atom stereocenters. The SMILES string of the molecule is NC(c1ccc(Cl)cc1)c1cn[nH]n1. The molecule has 0 aliphatic heterocycles. The maximum atomic E-state index is 5.95. The number of hydrogen-bond donors (Lipinski definition) is 2. The number of nitrogens with one attached hydrogen (secondary N) is 1. The number of benzene rings is 1. The van der Waals surface area contributed by atoms with Crippen LogP contribution < -0.4 is 5.73 Å². The van der Waals surface area contributed by atoms with Crippen LogP contribution in [0.25, 0.3) is 0 Å². The molecule has 3 N–H and O–H groups in total. The molecule has 2 rings (SSSR count). The highest BCUT2D eigenvalue weighted by molar-refractivity contribution is 6.30. The third-order valence-electron chi connectivity index (χ3n) is 1.98. The van der Waals surface area contributed by atoms with Gasteiger partial charge in [0.15, 0.2) is 0 Å². The monoisotopic (exact) mass is 208 g/mol. The Bertz CT molecular complexity index is 395. The minimum atomic E-state index is -0.258. The summed E-state index contributed by atoms with van der Waals surface area (Å²) < 4.78 is 0. The van der Waals surface area contributed by atoms with Crippen molar-refractivity contribution < 1.29 is 0 Å². The van der Waals surface area contributed by atoms with Gasteiger partial charge in [0.2, 0.25) is 0 Å². The van der Waals surface area contributed by atoms with E-state index in [4.69, 9.17) is 17.3 Å². The third kappa shape index (κ3) is 1.76. The second-order valence-electron chi connectivity index (χ2n) is 2.92. The zero-order valence-electron chi connectivity index (χ0n) is 7.31. The summed E-state index contributed by atoms with van der Waals surface area (Å²) >= 11 is 5.77. The van der Waals surface area contributed by atoms with Gasteiger partial charge >= 0.3 is 0 Å². The van der Waals surface area contributed by atoms with E-state index in [1.807, 2.05) is 12.1 Å². The van der Waals surface area contributed by atoms with Gasteiger partial charge < -0.3 is 5.73 Å². The van der Waals surface area contributed by atoms with Gasteiger partial charge in [-0.1, -0.05) is 23.7 Å². The van der Waals surface area contributed by atoms with Gasteiger partial charge in [-0.3, -0.25) is 0 Å². The molecule has 14 heavy (non-hydrogen) atoms. The zero-order chi connectivity index (χ0) is 9.97. The van der Waals surface area contributed by atoms with E-state index in [-0.39, 0.29) is 6.04 Å². The fourth-order valence-corrected chi connectivity index (χ4v) is 1.33. The first-order chi connectivity index (χ1) is 6.77. The van der Waals surface area contributed by atoms with Crippen molar-refractivity contribution in [3.05, 3.63) is 46.7 Å². The van der Waals surface area contributed by atoms with Gasteiger partial charge in [-0.05, 0) is 17.7 Å². The lowest BCUT2D eigenvalue weighted by Gasteiger charge is -2.07. The van der Waals surface area contributed by atoms with Gasteiger partial charge in [0.25, 0.3) is 0 Å². The Hall–Kier alpha value is -1.39. The van der Waals surface area contributed by atoms with Crippen molar-refractivity contribution in [2.75, 3.05) is 0 Å². The lowest BCUT2D eigenvalue weighted by atomic mass is 10.1. The van der Waals surface area contributed by atoms with Gasteiger partial charge in [-0.15, -0.1) is 0 Å². The minimum Gasteiger partial charge on any atom is -0.319 e. The van der Waals surface area contributed by atoms with Crippen molar-refractivity contribution in [3.63, 3.8) is 0 Å². The second-order valence-corrected chi connectivity index (χ2v) is 3.36. The van der Waals surface area contributed by atoms with Crippen LogP contribution in [0.5, 0.6) is 0 Å². The summed E-state index contributed by atoms with van der Waals surface area (Å²) in [5.41, 5.74) is 7.62. The molecule has 0 saturated carbocycles. The number of nitrogens with zero attached hydrogens (tertiary/aromatic N) is 2. The fraction of sp³-hybridized carbons (Fsp3) is 0.111. The summed E-state index contributed by atoms with van der Waals surface area (Å²) in [5, 5.41) is 10.8. The van der Waals surface area contributed by atoms with Crippen LogP contribution in [-0.4, -0.2) is 15.4 Å². The van der Waals surface area contributed by atoms with E-state index in [0.29, 0.717) is 10.7 Å². The Kier molecular flexibility index (Phi) is 2.47. The molecule has 0 aliphatic carbocycles. The molecule has 1 atom stereocenters. The maximum Gasteiger partial charge on any atom is 0.104 e. The summed E-state index contributed by atoms with van der Waals surface area (Å²) in [6.45, 7) is 0. The molecule has 2 aromatic rings. The molecule has 0 amide bonds. The average Bonchev–Trinajstić information content (AvgIpc) is 2.71. The van der Waals surface area contributed by atoms with Gasteiger partial charge in [-0.25, -0.2) is 0 Å². The van der Waals surface area contributed by atoms with E-state index in [1.54, 1.807) is 18.3 Å². The standard InChI is InChI=1S/C9H9ClN4/c10-7-3-1-6(2-4-7)9(11)8-5-12-14-13-8/h1-5,9H,11H2,(H,12,13,14). The summed E-state index contributed by atoms with van der Waals surface area (Å²) in [6.07, 6.45) is 1.61. The first-order valence-corrected chi connectivity index (χ1v) is 4.52. The first kappa shape index (κ1) is 9.18. The lowest BCUT2D eigenvalue weighted by Crippen LogP contribution is -2.12. The molecule has 0 bridgehead atoms. The second kappa shape index (κ2) is 3.77. The molecular formula is C9H9ClN4. The third-order valence-corrected chi connectivity index (χ3v) is 2.23. The van der Waals surface area contributed by atoms with E-state index >= 15 is 0 Å². The number of nitrogens with two attached hydrogens (primary N) is 1. The summed E-state index contributed by atoms with van der Waals surface area (Å²) in [7, 11) is 0. The predicted octanol–water partition coefficient (Wildman–Crippen LogP) is 1.51. The maximum absolute atomic E-state index is 5.95. The highest BCUT2D eigenvalue weighted by Gasteiger charge is 2.10. The van der Waals surface area contributed by atoms with E-state index in [0.717, 1.165) is 5.56 Å². The number of aromatic amines is 1. The molecular weight excluding hydrogens is 200 g/mol. The normalized spacial score (nSPS) is 12.7. The molecule has 1 aromatic carbocycles. The van der Waals surface area contributed by atoms with Crippen LogP contribution in [0.1, 0.15) is 17.3 Å². The largest absolute Gasteiger partial charge is 0.319 e.